The molecule has 0 saturated carbocycles. The topological polar surface area (TPSA) is 76.6 Å². The van der Waals surface area contributed by atoms with Crippen molar-refractivity contribution in [2.45, 2.75) is 33.6 Å². The van der Waals surface area contributed by atoms with Gasteiger partial charge in [-0.25, -0.2) is 4.68 Å². The summed E-state index contributed by atoms with van der Waals surface area (Å²) in [6, 6.07) is 3.97. The average Bonchev–Trinajstić information content (AvgIpc) is 2.76. The van der Waals surface area contributed by atoms with Gasteiger partial charge in [0.1, 0.15) is 11.6 Å². The monoisotopic (exact) mass is 271 g/mol. The summed E-state index contributed by atoms with van der Waals surface area (Å²) < 4.78 is 7.31. The van der Waals surface area contributed by atoms with Gasteiger partial charge in [0, 0.05) is 13.1 Å². The molecule has 6 nitrogen and oxygen atoms in total. The van der Waals surface area contributed by atoms with Gasteiger partial charge >= 0.3 is 0 Å². The van der Waals surface area contributed by atoms with Crippen molar-refractivity contribution in [1.82, 2.24) is 20.0 Å². The molecule has 0 radical (unpaired) electrons. The summed E-state index contributed by atoms with van der Waals surface area (Å²) in [6.07, 6.45) is 1.47. The van der Waals surface area contributed by atoms with E-state index in [1.54, 1.807) is 17.8 Å². The van der Waals surface area contributed by atoms with Gasteiger partial charge in [0.05, 0.1) is 11.4 Å². The van der Waals surface area contributed by atoms with Crippen LogP contribution in [-0.2, 0) is 19.9 Å². The number of nitriles is 1. The summed E-state index contributed by atoms with van der Waals surface area (Å²) in [4.78, 5) is 0. The summed E-state index contributed by atoms with van der Waals surface area (Å²) in [5, 5.41) is 21.8. The van der Waals surface area contributed by atoms with Crippen molar-refractivity contribution in [2.24, 2.45) is 7.05 Å². The smallest absolute Gasteiger partial charge is 0.258 e. The molecule has 0 aromatic carbocycles. The zero-order valence-corrected chi connectivity index (χ0v) is 12.1. The predicted molar refractivity (Wildman–Crippen MR) is 73.5 cm³/mol. The Bertz CT molecular complexity index is 669. The number of aryl methyl sites for hydroxylation is 3. The van der Waals surface area contributed by atoms with E-state index in [1.807, 2.05) is 20.8 Å². The van der Waals surface area contributed by atoms with Crippen LogP contribution in [0.4, 0.5) is 0 Å². The van der Waals surface area contributed by atoms with Crippen LogP contribution in [0.1, 0.15) is 36.4 Å². The molecule has 6 heteroatoms. The van der Waals surface area contributed by atoms with Gasteiger partial charge in [0.15, 0.2) is 0 Å². The maximum atomic E-state index is 9.38. The Kier molecular flexibility index (Phi) is 3.99. The van der Waals surface area contributed by atoms with E-state index >= 15 is 0 Å². The normalized spacial score (nSPS) is 10.3. The first-order chi connectivity index (χ1) is 9.60. The molecule has 20 heavy (non-hydrogen) atoms. The lowest BCUT2D eigenvalue weighted by Gasteiger charge is -2.10. The van der Waals surface area contributed by atoms with Crippen LogP contribution in [0, 0.1) is 18.3 Å². The van der Waals surface area contributed by atoms with Gasteiger partial charge in [-0.2, -0.15) is 15.5 Å². The number of hydrogen-bond donors (Lipinski definition) is 0. The highest BCUT2D eigenvalue weighted by molar-refractivity contribution is 5.47. The van der Waals surface area contributed by atoms with E-state index in [2.05, 4.69) is 21.4 Å². The van der Waals surface area contributed by atoms with E-state index in [0.717, 1.165) is 29.8 Å². The molecule has 0 bridgehead atoms. The number of aromatic nitrogens is 4. The van der Waals surface area contributed by atoms with E-state index in [-0.39, 0.29) is 5.88 Å². The maximum absolute atomic E-state index is 9.38. The molecular formula is C14H17N5O. The average molecular weight is 271 g/mol. The van der Waals surface area contributed by atoms with Crippen molar-refractivity contribution < 1.29 is 4.74 Å². The van der Waals surface area contributed by atoms with E-state index < -0.39 is 0 Å². The van der Waals surface area contributed by atoms with Crippen LogP contribution >= 0.6 is 0 Å². The van der Waals surface area contributed by atoms with Crippen LogP contribution in [-0.4, -0.2) is 20.0 Å². The number of rotatable bonds is 4. The molecule has 2 heterocycles. The van der Waals surface area contributed by atoms with Gasteiger partial charge in [-0.3, -0.25) is 0 Å². The van der Waals surface area contributed by atoms with Crippen molar-refractivity contribution >= 4 is 0 Å². The third-order valence-corrected chi connectivity index (χ3v) is 3.09. The molecule has 0 atom stereocenters. The summed E-state index contributed by atoms with van der Waals surface area (Å²) in [7, 11) is 1.78. The fraction of sp³-hybridized carbons (Fsp3) is 0.429. The minimum Gasteiger partial charge on any atom is -0.418 e. The largest absolute Gasteiger partial charge is 0.418 e. The molecule has 0 aliphatic carbocycles. The molecule has 0 aliphatic heterocycles. The van der Waals surface area contributed by atoms with Gasteiger partial charge in [0.25, 0.3) is 5.88 Å². The summed E-state index contributed by atoms with van der Waals surface area (Å²) in [5.41, 5.74) is 3.05. The first kappa shape index (κ1) is 14.0. The summed E-state index contributed by atoms with van der Waals surface area (Å²) >= 11 is 0. The molecule has 2 aromatic rings. The minimum atomic E-state index is 0.240. The molecule has 104 valence electrons. The molecule has 0 amide bonds. The maximum Gasteiger partial charge on any atom is 0.258 e. The van der Waals surface area contributed by atoms with E-state index in [0.29, 0.717) is 11.4 Å². The first-order valence-corrected chi connectivity index (χ1v) is 6.57. The van der Waals surface area contributed by atoms with Crippen LogP contribution in [0.25, 0.3) is 0 Å². The third kappa shape index (κ3) is 2.48. The molecule has 0 saturated heterocycles. The zero-order valence-electron chi connectivity index (χ0n) is 12.1. The molecule has 0 unspecified atom stereocenters. The van der Waals surface area contributed by atoms with Crippen molar-refractivity contribution in [1.29, 1.82) is 5.26 Å². The predicted octanol–water partition coefficient (Wildman–Crippen LogP) is 2.31. The Morgan fingerprint density at radius 2 is 2.05 bits per heavy atom. The Hall–Kier alpha value is -2.42. The van der Waals surface area contributed by atoms with Crippen LogP contribution in [0.15, 0.2) is 6.07 Å². The lowest BCUT2D eigenvalue weighted by Crippen LogP contribution is -2.06. The molecule has 0 fully saturated rings. The van der Waals surface area contributed by atoms with Gasteiger partial charge in [-0.1, -0.05) is 13.8 Å². The van der Waals surface area contributed by atoms with Crippen LogP contribution in [0.2, 0.25) is 0 Å². The van der Waals surface area contributed by atoms with Gasteiger partial charge in [-0.05, 0) is 25.3 Å². The van der Waals surface area contributed by atoms with Crippen LogP contribution in [0.5, 0.6) is 11.8 Å². The molecule has 2 aromatic heterocycles. The Balaban J connectivity index is 2.47. The molecule has 0 aliphatic rings. The van der Waals surface area contributed by atoms with Gasteiger partial charge in [-0.15, -0.1) is 5.10 Å². The standard InChI is InChI=1S/C14H17N5O/c1-5-10-11(8-15)14(17-16-12(10)6-2)20-13-7-9(3)18-19(13)4/h7H,5-6H2,1-4H3. The second-order valence-corrected chi connectivity index (χ2v) is 4.47. The van der Waals surface area contributed by atoms with E-state index in [9.17, 15) is 5.26 Å². The van der Waals surface area contributed by atoms with E-state index in [4.69, 9.17) is 4.74 Å². The lowest BCUT2D eigenvalue weighted by molar-refractivity contribution is 0.407. The summed E-state index contributed by atoms with van der Waals surface area (Å²) in [6.45, 7) is 5.87. The second-order valence-electron chi connectivity index (χ2n) is 4.47. The Morgan fingerprint density at radius 1 is 1.30 bits per heavy atom. The van der Waals surface area contributed by atoms with Crippen LogP contribution < -0.4 is 4.74 Å². The van der Waals surface area contributed by atoms with Crippen molar-refractivity contribution in [3.8, 4) is 17.8 Å². The summed E-state index contributed by atoms with van der Waals surface area (Å²) in [5.74, 6) is 0.782. The first-order valence-electron chi connectivity index (χ1n) is 6.57. The molecule has 0 spiro atoms. The number of nitrogens with zero attached hydrogens (tertiary/aromatic N) is 5. The highest BCUT2D eigenvalue weighted by Crippen LogP contribution is 2.26. The number of hydrogen-bond acceptors (Lipinski definition) is 5. The fourth-order valence-corrected chi connectivity index (χ4v) is 2.12. The third-order valence-electron chi connectivity index (χ3n) is 3.09. The van der Waals surface area contributed by atoms with Gasteiger partial charge < -0.3 is 4.74 Å². The van der Waals surface area contributed by atoms with Crippen molar-refractivity contribution in [3.63, 3.8) is 0 Å². The molecule has 2 rings (SSSR count). The Morgan fingerprint density at radius 3 is 2.55 bits per heavy atom. The lowest BCUT2D eigenvalue weighted by atomic mass is 10.0. The van der Waals surface area contributed by atoms with E-state index in [1.165, 1.54) is 0 Å². The van der Waals surface area contributed by atoms with Crippen LogP contribution in [0.3, 0.4) is 0 Å². The fourth-order valence-electron chi connectivity index (χ4n) is 2.12. The highest BCUT2D eigenvalue weighted by Gasteiger charge is 2.17. The second kappa shape index (κ2) is 5.70. The van der Waals surface area contributed by atoms with Crippen molar-refractivity contribution in [2.75, 3.05) is 0 Å². The highest BCUT2D eigenvalue weighted by atomic mass is 16.5. The minimum absolute atomic E-state index is 0.240. The SMILES string of the molecule is CCc1nnc(Oc2cc(C)nn2C)c(C#N)c1CC. The van der Waals surface area contributed by atoms with Crippen molar-refractivity contribution in [3.05, 3.63) is 28.6 Å². The Labute approximate surface area is 118 Å². The zero-order chi connectivity index (χ0) is 14.7. The molecule has 0 N–H and O–H groups in total. The number of ether oxygens (including phenoxy) is 1. The van der Waals surface area contributed by atoms with Gasteiger partial charge in [0.2, 0.25) is 5.88 Å². The molecular weight excluding hydrogens is 254 g/mol. The quantitative estimate of drug-likeness (QED) is 0.852.